The minimum Gasteiger partial charge on any atom is -0.468 e. The van der Waals surface area contributed by atoms with Gasteiger partial charge in [0.15, 0.2) is 0 Å². The van der Waals surface area contributed by atoms with Crippen molar-refractivity contribution in [2.24, 2.45) is 0 Å². The zero-order chi connectivity index (χ0) is 26.6. The first-order valence-electron chi connectivity index (χ1n) is 11.7. The molecule has 36 heavy (non-hydrogen) atoms. The molecule has 0 spiro atoms. The van der Waals surface area contributed by atoms with E-state index >= 15 is 0 Å². The van der Waals surface area contributed by atoms with E-state index in [0.29, 0.717) is 11.1 Å². The number of rotatable bonds is 6. The molecule has 1 aromatic carbocycles. The van der Waals surface area contributed by atoms with Gasteiger partial charge < -0.3 is 14.8 Å². The summed E-state index contributed by atoms with van der Waals surface area (Å²) in [6.45, 7) is 7.57. The van der Waals surface area contributed by atoms with Crippen LogP contribution in [0.25, 0.3) is 0 Å². The molecule has 2 heterocycles. The highest BCUT2D eigenvalue weighted by Gasteiger charge is 2.39. The molecule has 1 saturated heterocycles. The zero-order valence-electron chi connectivity index (χ0n) is 21.1. The van der Waals surface area contributed by atoms with Crippen LogP contribution in [0.3, 0.4) is 0 Å². The summed E-state index contributed by atoms with van der Waals surface area (Å²) in [7, 11) is 1.28. The highest BCUT2D eigenvalue weighted by molar-refractivity contribution is 5.95. The Balaban J connectivity index is 1.85. The summed E-state index contributed by atoms with van der Waals surface area (Å²) in [5.41, 5.74) is -1.68. The Morgan fingerprint density at radius 1 is 1.11 bits per heavy atom. The van der Waals surface area contributed by atoms with Crippen molar-refractivity contribution in [3.05, 3.63) is 68.5 Å². The van der Waals surface area contributed by atoms with Crippen LogP contribution in [0.2, 0.25) is 0 Å². The third-order valence-electron chi connectivity index (χ3n) is 5.82. The average Bonchev–Trinajstić information content (AvgIpc) is 3.24. The Bertz CT molecular complexity index is 1240. The highest BCUT2D eigenvalue weighted by Crippen LogP contribution is 2.27. The van der Waals surface area contributed by atoms with Gasteiger partial charge in [0.05, 0.1) is 13.2 Å². The maximum absolute atomic E-state index is 13.3. The Morgan fingerprint density at radius 2 is 1.78 bits per heavy atom. The lowest BCUT2D eigenvalue weighted by atomic mass is 10.1. The first-order valence-corrected chi connectivity index (χ1v) is 11.7. The number of alkyl carbamates (subject to hydrolysis) is 1. The lowest BCUT2D eigenvalue weighted by Crippen LogP contribution is -2.46. The maximum Gasteiger partial charge on any atom is 0.407 e. The molecule has 194 valence electrons. The molecule has 2 atom stereocenters. The fourth-order valence-corrected chi connectivity index (χ4v) is 4.17. The van der Waals surface area contributed by atoms with E-state index in [4.69, 9.17) is 9.47 Å². The molecule has 11 nitrogen and oxygen atoms in total. The molecule has 1 amide bonds. The number of nitrogens with zero attached hydrogens (tertiary/aromatic N) is 3. The Morgan fingerprint density at radius 3 is 2.39 bits per heavy atom. The molecule has 0 saturated carbocycles. The molecular weight excluding hydrogens is 468 g/mol. The highest BCUT2D eigenvalue weighted by atomic mass is 16.6. The van der Waals surface area contributed by atoms with E-state index in [2.05, 4.69) is 5.32 Å². The number of methoxy groups -OCH3 is 1. The van der Waals surface area contributed by atoms with Crippen LogP contribution in [-0.2, 0) is 14.3 Å². The smallest absolute Gasteiger partial charge is 0.407 e. The number of benzene rings is 1. The van der Waals surface area contributed by atoms with Crippen LogP contribution in [0.1, 0.15) is 49.2 Å². The lowest BCUT2D eigenvalue weighted by Gasteiger charge is -2.23. The molecule has 0 aliphatic carbocycles. The molecule has 11 heteroatoms. The van der Waals surface area contributed by atoms with Crippen LogP contribution in [0.15, 0.2) is 46.1 Å². The van der Waals surface area contributed by atoms with Gasteiger partial charge in [-0.25, -0.2) is 9.59 Å². The molecule has 1 N–H and O–H groups in total. The van der Waals surface area contributed by atoms with Crippen molar-refractivity contribution in [3.8, 4) is 0 Å². The second-order valence-electron chi connectivity index (χ2n) is 9.67. The standard InChI is InChI=1S/C25H32N4O7/c1-16-14-28(24(34)29(20(16)30)21(31)17-9-7-6-8-10-17)18-13-19(22(32)35-5)27(15-18)12-11-26-23(33)36-25(2,3)4/h6-10,14,18-19H,11-13,15H2,1-5H3,(H,26,33)/t18-,19+/m0/s1. The number of esters is 1. The number of ether oxygens (including phenoxy) is 2. The lowest BCUT2D eigenvalue weighted by molar-refractivity contribution is -0.145. The van der Waals surface area contributed by atoms with E-state index < -0.39 is 46.9 Å². The second kappa shape index (κ2) is 10.9. The number of carbonyl (C=O) groups excluding carboxylic acids is 3. The van der Waals surface area contributed by atoms with Gasteiger partial charge in [-0.05, 0) is 46.2 Å². The van der Waals surface area contributed by atoms with Gasteiger partial charge in [-0.2, -0.15) is 4.57 Å². The largest absolute Gasteiger partial charge is 0.468 e. The quantitative estimate of drug-likeness (QED) is 0.588. The molecule has 0 bridgehead atoms. The van der Waals surface area contributed by atoms with Gasteiger partial charge in [-0.1, -0.05) is 18.2 Å². The minimum atomic E-state index is -0.776. The third-order valence-corrected chi connectivity index (χ3v) is 5.82. The Kier molecular flexibility index (Phi) is 8.13. The van der Waals surface area contributed by atoms with Gasteiger partial charge in [0, 0.05) is 37.0 Å². The molecule has 1 aliphatic heterocycles. The molecule has 1 aliphatic rings. The number of likely N-dealkylation sites (tertiary alicyclic amines) is 1. The molecule has 1 aromatic heterocycles. The first-order chi connectivity index (χ1) is 16.9. The van der Waals surface area contributed by atoms with Crippen molar-refractivity contribution >= 4 is 18.0 Å². The second-order valence-corrected chi connectivity index (χ2v) is 9.67. The third kappa shape index (κ3) is 6.09. The SMILES string of the molecule is COC(=O)[C@H]1C[C@H](n2cc(C)c(=O)n(C(=O)c3ccccc3)c2=O)CN1CCNC(=O)OC(C)(C)C. The number of carbonyl (C=O) groups is 3. The molecular formula is C25H32N4O7. The summed E-state index contributed by atoms with van der Waals surface area (Å²) in [4.78, 5) is 65.3. The molecule has 0 radical (unpaired) electrons. The summed E-state index contributed by atoms with van der Waals surface area (Å²) in [5, 5.41) is 2.65. The van der Waals surface area contributed by atoms with Crippen molar-refractivity contribution in [1.82, 2.24) is 19.4 Å². The van der Waals surface area contributed by atoms with Gasteiger partial charge in [0.25, 0.3) is 11.5 Å². The van der Waals surface area contributed by atoms with E-state index in [1.165, 1.54) is 36.9 Å². The Hall–Kier alpha value is -3.73. The molecule has 2 aromatic rings. The van der Waals surface area contributed by atoms with Crippen molar-refractivity contribution in [2.75, 3.05) is 26.7 Å². The van der Waals surface area contributed by atoms with E-state index in [1.54, 1.807) is 43.9 Å². The van der Waals surface area contributed by atoms with E-state index in [9.17, 15) is 24.0 Å². The fraction of sp³-hybridized carbons (Fsp3) is 0.480. The van der Waals surface area contributed by atoms with Crippen molar-refractivity contribution in [1.29, 1.82) is 0 Å². The van der Waals surface area contributed by atoms with Gasteiger partial charge in [0.2, 0.25) is 0 Å². The fourth-order valence-electron chi connectivity index (χ4n) is 4.17. The molecule has 0 unspecified atom stereocenters. The van der Waals surface area contributed by atoms with E-state index in [1.807, 2.05) is 0 Å². The van der Waals surface area contributed by atoms with Crippen LogP contribution in [0.5, 0.6) is 0 Å². The predicted molar refractivity (Wildman–Crippen MR) is 131 cm³/mol. The summed E-state index contributed by atoms with van der Waals surface area (Å²) >= 11 is 0. The van der Waals surface area contributed by atoms with Crippen molar-refractivity contribution in [3.63, 3.8) is 0 Å². The van der Waals surface area contributed by atoms with Gasteiger partial charge >= 0.3 is 17.8 Å². The van der Waals surface area contributed by atoms with Crippen LogP contribution >= 0.6 is 0 Å². The first kappa shape index (κ1) is 26.9. The summed E-state index contributed by atoms with van der Waals surface area (Å²) in [6, 6.07) is 6.91. The van der Waals surface area contributed by atoms with Crippen LogP contribution in [0.4, 0.5) is 4.79 Å². The summed E-state index contributed by atoms with van der Waals surface area (Å²) in [5.74, 6) is -1.20. The average molecular weight is 501 g/mol. The number of aromatic nitrogens is 2. The van der Waals surface area contributed by atoms with Gasteiger partial charge in [-0.15, -0.1) is 0 Å². The van der Waals surface area contributed by atoms with Gasteiger partial charge in [0.1, 0.15) is 11.6 Å². The number of hydrogen-bond donors (Lipinski definition) is 1. The van der Waals surface area contributed by atoms with Gasteiger partial charge in [-0.3, -0.25) is 23.9 Å². The summed E-state index contributed by atoms with van der Waals surface area (Å²) < 4.78 is 12.1. The van der Waals surface area contributed by atoms with Crippen LogP contribution < -0.4 is 16.6 Å². The number of hydrogen-bond acceptors (Lipinski definition) is 8. The Labute approximate surface area is 208 Å². The predicted octanol–water partition coefficient (Wildman–Crippen LogP) is 1.32. The van der Waals surface area contributed by atoms with E-state index in [-0.39, 0.29) is 30.6 Å². The van der Waals surface area contributed by atoms with E-state index in [0.717, 1.165) is 0 Å². The topological polar surface area (TPSA) is 129 Å². The molecule has 3 rings (SSSR count). The number of amides is 1. The number of aryl methyl sites for hydroxylation is 1. The normalized spacial score (nSPS) is 18.0. The maximum atomic E-state index is 13.3. The van der Waals surface area contributed by atoms with Crippen LogP contribution in [0, 0.1) is 6.92 Å². The summed E-state index contributed by atoms with van der Waals surface area (Å²) in [6.07, 6.45) is 1.07. The number of nitrogens with one attached hydrogen (secondary N) is 1. The van der Waals surface area contributed by atoms with Crippen molar-refractivity contribution < 1.29 is 23.9 Å². The minimum absolute atomic E-state index is 0.203. The monoisotopic (exact) mass is 500 g/mol. The molecule has 1 fully saturated rings. The van der Waals surface area contributed by atoms with Crippen molar-refractivity contribution in [2.45, 2.75) is 51.8 Å². The zero-order valence-corrected chi connectivity index (χ0v) is 21.1. The van der Waals surface area contributed by atoms with Crippen LogP contribution in [-0.4, -0.2) is 70.4 Å².